The maximum atomic E-state index is 14.5. The van der Waals surface area contributed by atoms with E-state index in [9.17, 15) is 47.9 Å². The summed E-state index contributed by atoms with van der Waals surface area (Å²) >= 11 is 0. The summed E-state index contributed by atoms with van der Waals surface area (Å²) in [5.41, 5.74) is -0.794. The molecule has 0 unspecified atom stereocenters. The van der Waals surface area contributed by atoms with E-state index in [2.05, 4.69) is 30.1 Å². The molecule has 3 aromatic rings. The Morgan fingerprint density at radius 3 is 1.97 bits per heavy atom. The quantitative estimate of drug-likeness (QED) is 0.412. The van der Waals surface area contributed by atoms with Crippen LogP contribution in [0.15, 0.2) is 29.6 Å². The van der Waals surface area contributed by atoms with Crippen molar-refractivity contribution < 1.29 is 47.9 Å². The van der Waals surface area contributed by atoms with Gasteiger partial charge in [0.1, 0.15) is 10.6 Å². The first-order valence-electron chi connectivity index (χ1n) is 9.37. The standard InChI is InChI=1S/C17H12F9N7O2S/c1-3-36(34,35)8-7-29-11(10-27-5-4-6-28-10)30-9(8)12-31-32-13(33(12)2)14(18,19)15(20,21)16(22,23)17(24,25)26/h4-7H,3H2,1-2H3. The summed E-state index contributed by atoms with van der Waals surface area (Å²) in [6.45, 7) is 1.18. The van der Waals surface area contributed by atoms with Crippen LogP contribution in [0.2, 0.25) is 0 Å². The lowest BCUT2D eigenvalue weighted by Gasteiger charge is -2.32. The molecule has 0 saturated carbocycles. The first-order chi connectivity index (χ1) is 16.4. The molecule has 0 aliphatic rings. The van der Waals surface area contributed by atoms with Gasteiger partial charge < -0.3 is 4.57 Å². The zero-order chi connectivity index (χ0) is 27.3. The third kappa shape index (κ3) is 4.13. The van der Waals surface area contributed by atoms with Crippen LogP contribution >= 0.6 is 0 Å². The Bertz CT molecular complexity index is 1380. The molecule has 0 aromatic carbocycles. The molecule has 0 aliphatic carbocycles. The van der Waals surface area contributed by atoms with Crippen molar-refractivity contribution in [3.05, 3.63) is 30.5 Å². The van der Waals surface area contributed by atoms with Crippen LogP contribution in [0.1, 0.15) is 12.7 Å². The van der Waals surface area contributed by atoms with Crippen molar-refractivity contribution in [2.45, 2.75) is 35.8 Å². The van der Waals surface area contributed by atoms with Crippen LogP contribution < -0.4 is 0 Å². The molecular formula is C17H12F9N7O2S. The van der Waals surface area contributed by atoms with Crippen LogP contribution in [-0.2, 0) is 22.8 Å². The molecule has 0 bridgehead atoms. The van der Waals surface area contributed by atoms with Gasteiger partial charge in [0.25, 0.3) is 0 Å². The number of aromatic nitrogens is 7. The molecule has 0 N–H and O–H groups in total. The molecule has 0 aliphatic heterocycles. The third-order valence-corrected chi connectivity index (χ3v) is 6.48. The number of alkyl halides is 9. The largest absolute Gasteiger partial charge is 0.460 e. The van der Waals surface area contributed by atoms with Crippen LogP contribution in [0, 0.1) is 0 Å². The van der Waals surface area contributed by atoms with Crippen LogP contribution in [0.5, 0.6) is 0 Å². The smallest absolute Gasteiger partial charge is 0.307 e. The Balaban J connectivity index is 2.25. The van der Waals surface area contributed by atoms with Crippen molar-refractivity contribution in [1.29, 1.82) is 0 Å². The molecule has 0 radical (unpaired) electrons. The van der Waals surface area contributed by atoms with Gasteiger partial charge in [-0.3, -0.25) is 0 Å². The normalized spacial score (nSPS) is 13.8. The van der Waals surface area contributed by atoms with E-state index in [4.69, 9.17) is 0 Å². The lowest BCUT2D eigenvalue weighted by atomic mass is 10.0. The maximum Gasteiger partial charge on any atom is 0.460 e. The second-order valence-electron chi connectivity index (χ2n) is 7.01. The lowest BCUT2D eigenvalue weighted by molar-refractivity contribution is -0.401. The fourth-order valence-electron chi connectivity index (χ4n) is 2.76. The van der Waals surface area contributed by atoms with E-state index < -0.39 is 61.8 Å². The summed E-state index contributed by atoms with van der Waals surface area (Å²) in [5, 5.41) is 5.80. The van der Waals surface area contributed by atoms with Crippen molar-refractivity contribution in [2.75, 3.05) is 5.75 Å². The highest BCUT2D eigenvalue weighted by Crippen LogP contribution is 2.56. The summed E-state index contributed by atoms with van der Waals surface area (Å²) in [5.74, 6) is -24.9. The Hall–Kier alpha value is -3.38. The van der Waals surface area contributed by atoms with Gasteiger partial charge in [-0.25, -0.2) is 28.4 Å². The van der Waals surface area contributed by atoms with E-state index in [1.165, 1.54) is 25.4 Å². The van der Waals surface area contributed by atoms with E-state index in [0.29, 0.717) is 13.2 Å². The number of rotatable bonds is 7. The summed E-state index contributed by atoms with van der Waals surface area (Å²) in [6, 6.07) is 1.40. The van der Waals surface area contributed by atoms with E-state index in [-0.39, 0.29) is 16.2 Å². The minimum absolute atomic E-state index is 0.0764. The van der Waals surface area contributed by atoms with Gasteiger partial charge >= 0.3 is 23.9 Å². The molecule has 0 atom stereocenters. The van der Waals surface area contributed by atoms with Gasteiger partial charge in [0.05, 0.1) is 11.9 Å². The van der Waals surface area contributed by atoms with Crippen molar-refractivity contribution in [3.63, 3.8) is 0 Å². The van der Waals surface area contributed by atoms with Crippen LogP contribution in [0.3, 0.4) is 0 Å². The van der Waals surface area contributed by atoms with Gasteiger partial charge in [-0.15, -0.1) is 10.2 Å². The number of sulfone groups is 1. The van der Waals surface area contributed by atoms with E-state index in [0.717, 1.165) is 0 Å². The second kappa shape index (κ2) is 8.63. The zero-order valence-corrected chi connectivity index (χ0v) is 18.6. The van der Waals surface area contributed by atoms with Gasteiger partial charge in [0.2, 0.25) is 5.82 Å². The SMILES string of the molecule is CCS(=O)(=O)c1cnc(-c2ncccn2)nc1-c1nnc(C(F)(F)C(F)(F)C(F)(F)C(F)(F)F)n1C. The van der Waals surface area contributed by atoms with Crippen LogP contribution in [0.25, 0.3) is 23.2 Å². The second-order valence-corrected chi connectivity index (χ2v) is 9.26. The average Bonchev–Trinajstić information content (AvgIpc) is 3.20. The highest BCUT2D eigenvalue weighted by atomic mass is 32.2. The topological polar surface area (TPSA) is 116 Å². The number of nitrogens with zero attached hydrogens (tertiary/aromatic N) is 7. The Kier molecular flexibility index (Phi) is 6.52. The van der Waals surface area contributed by atoms with E-state index in [1.807, 2.05) is 0 Å². The summed E-state index contributed by atoms with van der Waals surface area (Å²) in [7, 11) is -3.72. The molecule has 0 fully saturated rings. The molecule has 19 heteroatoms. The van der Waals surface area contributed by atoms with Crippen LogP contribution in [-0.4, -0.2) is 66.9 Å². The molecule has 3 rings (SSSR count). The molecular weight excluding hydrogens is 537 g/mol. The Labute approximate surface area is 195 Å². The van der Waals surface area contributed by atoms with Crippen molar-refractivity contribution in [1.82, 2.24) is 34.7 Å². The van der Waals surface area contributed by atoms with Crippen molar-refractivity contribution in [3.8, 4) is 23.2 Å². The minimum Gasteiger partial charge on any atom is -0.307 e. The number of hydrogen-bond acceptors (Lipinski definition) is 8. The molecule has 3 heterocycles. The van der Waals surface area contributed by atoms with Gasteiger partial charge in [0, 0.05) is 19.4 Å². The molecule has 9 nitrogen and oxygen atoms in total. The summed E-state index contributed by atoms with van der Waals surface area (Å²) < 4.78 is 146. The molecule has 196 valence electrons. The highest BCUT2D eigenvalue weighted by molar-refractivity contribution is 7.91. The predicted octanol–water partition coefficient (Wildman–Crippen LogP) is 3.45. The first-order valence-corrected chi connectivity index (χ1v) is 11.0. The predicted molar refractivity (Wildman–Crippen MR) is 101 cm³/mol. The maximum absolute atomic E-state index is 14.5. The third-order valence-electron chi connectivity index (χ3n) is 4.75. The fourth-order valence-corrected chi connectivity index (χ4v) is 3.72. The highest BCUT2D eigenvalue weighted by Gasteiger charge is 2.83. The molecule has 0 amide bonds. The van der Waals surface area contributed by atoms with Gasteiger partial charge in [-0.2, -0.15) is 39.5 Å². The number of halogens is 9. The van der Waals surface area contributed by atoms with Crippen LogP contribution in [0.4, 0.5) is 39.5 Å². The Morgan fingerprint density at radius 1 is 0.861 bits per heavy atom. The van der Waals surface area contributed by atoms with E-state index in [1.54, 1.807) is 0 Å². The summed E-state index contributed by atoms with van der Waals surface area (Å²) in [4.78, 5) is 14.5. The minimum atomic E-state index is -7.17. The molecule has 36 heavy (non-hydrogen) atoms. The summed E-state index contributed by atoms with van der Waals surface area (Å²) in [6.07, 6.45) is -3.84. The lowest BCUT2D eigenvalue weighted by Crippen LogP contribution is -2.60. The average molecular weight is 549 g/mol. The molecule has 0 saturated heterocycles. The molecule has 3 aromatic heterocycles. The van der Waals surface area contributed by atoms with E-state index >= 15 is 0 Å². The van der Waals surface area contributed by atoms with Gasteiger partial charge in [-0.05, 0) is 6.07 Å². The van der Waals surface area contributed by atoms with Crippen molar-refractivity contribution >= 4 is 9.84 Å². The first kappa shape index (κ1) is 27.2. The number of hydrogen-bond donors (Lipinski definition) is 0. The fraction of sp³-hybridized carbons (Fsp3) is 0.412. The van der Waals surface area contributed by atoms with Gasteiger partial charge in [-0.1, -0.05) is 6.92 Å². The molecule has 0 spiro atoms. The van der Waals surface area contributed by atoms with Gasteiger partial charge in [0.15, 0.2) is 27.3 Å². The van der Waals surface area contributed by atoms with Crippen molar-refractivity contribution in [2.24, 2.45) is 7.05 Å². The Morgan fingerprint density at radius 2 is 1.44 bits per heavy atom. The monoisotopic (exact) mass is 549 g/mol. The zero-order valence-electron chi connectivity index (χ0n) is 17.8.